The zero-order valence-electron chi connectivity index (χ0n) is 12.0. The topological polar surface area (TPSA) is 29.3 Å². The highest BCUT2D eigenvalue weighted by molar-refractivity contribution is 5.55. The van der Waals surface area contributed by atoms with Crippen molar-refractivity contribution < 1.29 is 0 Å². The van der Waals surface area contributed by atoms with Crippen LogP contribution in [0.3, 0.4) is 0 Å². The van der Waals surface area contributed by atoms with Gasteiger partial charge in [0.2, 0.25) is 0 Å². The molecule has 0 bridgehead atoms. The highest BCUT2D eigenvalue weighted by Gasteiger charge is 2.05. The molecule has 0 aliphatic carbocycles. The van der Waals surface area contributed by atoms with Gasteiger partial charge >= 0.3 is 0 Å². The molecule has 0 unspecified atom stereocenters. The lowest BCUT2D eigenvalue weighted by Crippen LogP contribution is -2.25. The molecule has 2 heteroatoms. The van der Waals surface area contributed by atoms with Crippen LogP contribution in [0.2, 0.25) is 0 Å². The van der Waals surface area contributed by atoms with Crippen LogP contribution in [0.4, 0.5) is 11.4 Å². The number of hydrogen-bond acceptors (Lipinski definition) is 2. The molecule has 0 amide bonds. The van der Waals surface area contributed by atoms with E-state index in [9.17, 15) is 0 Å². The predicted molar refractivity (Wildman–Crippen MR) is 82.1 cm³/mol. The fourth-order valence-corrected chi connectivity index (χ4v) is 2.20. The summed E-state index contributed by atoms with van der Waals surface area (Å²) in [5, 5.41) is 0. The van der Waals surface area contributed by atoms with Crippen LogP contribution >= 0.6 is 0 Å². The molecule has 18 heavy (non-hydrogen) atoms. The van der Waals surface area contributed by atoms with E-state index in [-0.39, 0.29) is 0 Å². The summed E-state index contributed by atoms with van der Waals surface area (Å²) in [6.07, 6.45) is 7.73. The van der Waals surface area contributed by atoms with Gasteiger partial charge in [-0.1, -0.05) is 45.6 Å². The lowest BCUT2D eigenvalue weighted by Gasteiger charge is -2.25. The van der Waals surface area contributed by atoms with Gasteiger partial charge in [0.15, 0.2) is 0 Å². The lowest BCUT2D eigenvalue weighted by molar-refractivity contribution is 0.636. The predicted octanol–water partition coefficient (Wildman–Crippen LogP) is 4.46. The highest BCUT2D eigenvalue weighted by Crippen LogP contribution is 2.19. The summed E-state index contributed by atoms with van der Waals surface area (Å²) < 4.78 is 0. The van der Waals surface area contributed by atoms with Gasteiger partial charge in [-0.05, 0) is 31.0 Å². The van der Waals surface area contributed by atoms with E-state index in [1.807, 2.05) is 6.07 Å². The van der Waals surface area contributed by atoms with E-state index in [2.05, 4.69) is 36.9 Å². The minimum absolute atomic E-state index is 0.864. The van der Waals surface area contributed by atoms with E-state index >= 15 is 0 Å². The van der Waals surface area contributed by atoms with Crippen molar-refractivity contribution in [2.75, 3.05) is 23.7 Å². The summed E-state index contributed by atoms with van der Waals surface area (Å²) in [5.41, 5.74) is 8.02. The number of rotatable bonds is 9. The number of nitrogen functional groups attached to an aromatic ring is 1. The SMILES string of the molecule is CCCCCN(CCCCC)c1cccc(N)c1. The number of anilines is 2. The van der Waals surface area contributed by atoms with Crippen LogP contribution in [-0.4, -0.2) is 13.1 Å². The fraction of sp³-hybridized carbons (Fsp3) is 0.625. The Morgan fingerprint density at radius 3 is 2.06 bits per heavy atom. The summed E-state index contributed by atoms with van der Waals surface area (Å²) in [6.45, 7) is 6.81. The molecule has 0 atom stereocenters. The third-order valence-corrected chi connectivity index (χ3v) is 3.30. The first-order chi connectivity index (χ1) is 8.77. The molecule has 2 nitrogen and oxygen atoms in total. The first-order valence-electron chi connectivity index (χ1n) is 7.38. The van der Waals surface area contributed by atoms with Crippen molar-refractivity contribution in [2.24, 2.45) is 0 Å². The van der Waals surface area contributed by atoms with E-state index in [4.69, 9.17) is 5.73 Å². The summed E-state index contributed by atoms with van der Waals surface area (Å²) in [4.78, 5) is 2.49. The molecular weight excluding hydrogens is 220 g/mol. The zero-order valence-corrected chi connectivity index (χ0v) is 12.0. The Morgan fingerprint density at radius 1 is 0.944 bits per heavy atom. The average molecular weight is 248 g/mol. The van der Waals surface area contributed by atoms with Crippen LogP contribution < -0.4 is 10.6 Å². The third kappa shape index (κ3) is 5.44. The molecule has 0 saturated carbocycles. The Morgan fingerprint density at radius 2 is 1.56 bits per heavy atom. The Kier molecular flexibility index (Phi) is 7.31. The molecule has 2 N–H and O–H groups in total. The number of unbranched alkanes of at least 4 members (excludes halogenated alkanes) is 4. The summed E-state index contributed by atoms with van der Waals surface area (Å²) in [6, 6.07) is 8.28. The molecule has 0 aromatic heterocycles. The van der Waals surface area contributed by atoms with Gasteiger partial charge in [0.05, 0.1) is 0 Å². The van der Waals surface area contributed by atoms with Gasteiger partial charge in [0, 0.05) is 24.5 Å². The standard InChI is InChI=1S/C16H28N2/c1-3-5-7-12-18(13-8-6-4-2)16-11-9-10-15(17)14-16/h9-11,14H,3-8,12-13,17H2,1-2H3. The van der Waals surface area contributed by atoms with E-state index in [0.717, 1.165) is 18.8 Å². The van der Waals surface area contributed by atoms with Crippen molar-refractivity contribution >= 4 is 11.4 Å². The molecule has 1 aromatic carbocycles. The maximum absolute atomic E-state index is 5.88. The maximum atomic E-state index is 5.88. The molecule has 1 rings (SSSR count). The van der Waals surface area contributed by atoms with Gasteiger partial charge < -0.3 is 10.6 Å². The minimum Gasteiger partial charge on any atom is -0.399 e. The van der Waals surface area contributed by atoms with Gasteiger partial charge in [-0.25, -0.2) is 0 Å². The second-order valence-corrected chi connectivity index (χ2v) is 5.00. The van der Waals surface area contributed by atoms with Crippen molar-refractivity contribution in [1.29, 1.82) is 0 Å². The first kappa shape index (κ1) is 14.9. The number of nitrogens with two attached hydrogens (primary N) is 1. The number of hydrogen-bond donors (Lipinski definition) is 1. The van der Waals surface area contributed by atoms with Crippen LogP contribution in [-0.2, 0) is 0 Å². The smallest absolute Gasteiger partial charge is 0.0386 e. The molecule has 0 aliphatic rings. The lowest BCUT2D eigenvalue weighted by atomic mass is 10.2. The molecule has 0 aliphatic heterocycles. The quantitative estimate of drug-likeness (QED) is 0.516. The molecule has 0 heterocycles. The van der Waals surface area contributed by atoms with Crippen LogP contribution in [0, 0.1) is 0 Å². The van der Waals surface area contributed by atoms with Crippen molar-refractivity contribution in [3.05, 3.63) is 24.3 Å². The molecule has 0 fully saturated rings. The Hall–Kier alpha value is -1.18. The maximum Gasteiger partial charge on any atom is 0.0386 e. The van der Waals surface area contributed by atoms with Crippen LogP contribution in [0.1, 0.15) is 52.4 Å². The van der Waals surface area contributed by atoms with Gasteiger partial charge in [-0.2, -0.15) is 0 Å². The Bertz CT molecular complexity index is 313. The summed E-state index contributed by atoms with van der Waals surface area (Å²) >= 11 is 0. The molecule has 0 spiro atoms. The first-order valence-corrected chi connectivity index (χ1v) is 7.38. The zero-order chi connectivity index (χ0) is 13.2. The van der Waals surface area contributed by atoms with Gasteiger partial charge in [-0.15, -0.1) is 0 Å². The van der Waals surface area contributed by atoms with Crippen LogP contribution in [0.5, 0.6) is 0 Å². The Labute approximate surface area is 112 Å². The van der Waals surface area contributed by atoms with Crippen molar-refractivity contribution in [3.63, 3.8) is 0 Å². The average Bonchev–Trinajstić information content (AvgIpc) is 2.37. The van der Waals surface area contributed by atoms with Crippen molar-refractivity contribution in [2.45, 2.75) is 52.4 Å². The van der Waals surface area contributed by atoms with E-state index < -0.39 is 0 Å². The molecular formula is C16H28N2. The van der Waals surface area contributed by atoms with Gasteiger partial charge in [0.1, 0.15) is 0 Å². The normalized spacial score (nSPS) is 10.6. The molecule has 0 radical (unpaired) electrons. The van der Waals surface area contributed by atoms with E-state index in [0.29, 0.717) is 0 Å². The third-order valence-electron chi connectivity index (χ3n) is 3.30. The molecule has 102 valence electrons. The van der Waals surface area contributed by atoms with Crippen molar-refractivity contribution in [1.82, 2.24) is 0 Å². The highest BCUT2D eigenvalue weighted by atomic mass is 15.1. The van der Waals surface area contributed by atoms with Gasteiger partial charge in [0.25, 0.3) is 0 Å². The van der Waals surface area contributed by atoms with Crippen LogP contribution in [0.15, 0.2) is 24.3 Å². The van der Waals surface area contributed by atoms with E-state index in [1.165, 1.54) is 44.2 Å². The molecule has 0 saturated heterocycles. The fourth-order valence-electron chi connectivity index (χ4n) is 2.20. The number of benzene rings is 1. The van der Waals surface area contributed by atoms with Gasteiger partial charge in [-0.3, -0.25) is 0 Å². The summed E-state index contributed by atoms with van der Waals surface area (Å²) in [7, 11) is 0. The van der Waals surface area contributed by atoms with Crippen LogP contribution in [0.25, 0.3) is 0 Å². The van der Waals surface area contributed by atoms with Crippen molar-refractivity contribution in [3.8, 4) is 0 Å². The second-order valence-electron chi connectivity index (χ2n) is 5.00. The largest absolute Gasteiger partial charge is 0.399 e. The second kappa shape index (κ2) is 8.84. The minimum atomic E-state index is 0.864. The monoisotopic (exact) mass is 248 g/mol. The molecule has 1 aromatic rings. The number of nitrogens with zero attached hydrogens (tertiary/aromatic N) is 1. The van der Waals surface area contributed by atoms with E-state index in [1.54, 1.807) is 0 Å². The Balaban J connectivity index is 2.57. The summed E-state index contributed by atoms with van der Waals surface area (Å²) in [5.74, 6) is 0.